The molecule has 3 aromatic rings. The molecule has 1 N–H and O–H groups in total. The number of urea groups is 1. The van der Waals surface area contributed by atoms with Crippen molar-refractivity contribution in [1.82, 2.24) is 14.9 Å². The number of carbonyl (C=O) groups excluding carboxylic acids is 3. The highest BCUT2D eigenvalue weighted by Gasteiger charge is 2.35. The zero-order chi connectivity index (χ0) is 32.7. The largest absolute Gasteiger partial charge is 0.458 e. The highest BCUT2D eigenvalue weighted by molar-refractivity contribution is 6.07. The van der Waals surface area contributed by atoms with Gasteiger partial charge in [0.1, 0.15) is 17.5 Å². The third-order valence-corrected chi connectivity index (χ3v) is 7.26. The van der Waals surface area contributed by atoms with Crippen LogP contribution >= 0.6 is 0 Å². The Morgan fingerprint density at radius 1 is 1.09 bits per heavy atom. The predicted octanol–water partition coefficient (Wildman–Crippen LogP) is 6.02. The van der Waals surface area contributed by atoms with Crippen molar-refractivity contribution < 1.29 is 37.0 Å². The molecule has 238 valence electrons. The van der Waals surface area contributed by atoms with Crippen molar-refractivity contribution in [3.05, 3.63) is 70.9 Å². The Morgan fingerprint density at radius 2 is 1.84 bits per heavy atom. The van der Waals surface area contributed by atoms with Gasteiger partial charge in [0.15, 0.2) is 0 Å². The van der Waals surface area contributed by atoms with Crippen LogP contribution in [0.5, 0.6) is 6.01 Å². The monoisotopic (exact) mass is 626 g/mol. The van der Waals surface area contributed by atoms with Crippen molar-refractivity contribution in [1.29, 1.82) is 0 Å². The van der Waals surface area contributed by atoms with Gasteiger partial charge in [-0.3, -0.25) is 14.6 Å². The number of nitrogens with zero attached hydrogens (tertiary/aromatic N) is 5. The number of anilines is 3. The van der Waals surface area contributed by atoms with Gasteiger partial charge in [0.05, 0.1) is 24.3 Å². The lowest BCUT2D eigenvalue weighted by atomic mass is 10.1. The molecule has 2 aliphatic rings. The van der Waals surface area contributed by atoms with E-state index in [0.717, 1.165) is 17.7 Å². The Balaban J connectivity index is 1.29. The van der Waals surface area contributed by atoms with Crippen LogP contribution in [0.4, 0.5) is 40.0 Å². The number of fused-ring (bicyclic) bond motifs is 1. The van der Waals surface area contributed by atoms with Crippen molar-refractivity contribution in [2.75, 3.05) is 35.3 Å². The number of hydrogen-bond donors (Lipinski definition) is 1. The van der Waals surface area contributed by atoms with E-state index in [0.29, 0.717) is 42.3 Å². The van der Waals surface area contributed by atoms with Crippen molar-refractivity contribution >= 4 is 35.2 Å². The fourth-order valence-electron chi connectivity index (χ4n) is 5.02. The number of ether oxygens (including phenoxy) is 2. The second kappa shape index (κ2) is 11.9. The molecule has 0 unspecified atom stereocenters. The molecule has 4 amide bonds. The molecule has 14 heteroatoms. The summed E-state index contributed by atoms with van der Waals surface area (Å²) in [6, 6.07) is 8.72. The van der Waals surface area contributed by atoms with E-state index in [1.54, 1.807) is 64.0 Å². The minimum absolute atomic E-state index is 0.0772. The lowest BCUT2D eigenvalue weighted by Gasteiger charge is -2.35. The average molecular weight is 627 g/mol. The number of rotatable bonds is 5. The third-order valence-electron chi connectivity index (χ3n) is 7.26. The fraction of sp³-hybridized carbons (Fsp3) is 0.387. The number of hydrogen-bond acceptors (Lipinski definition) is 7. The molecule has 3 heterocycles. The molecule has 11 nitrogen and oxygen atoms in total. The van der Waals surface area contributed by atoms with Gasteiger partial charge in [-0.25, -0.2) is 14.6 Å². The number of aryl methyl sites for hydroxylation is 1. The molecule has 2 aliphatic heterocycles. The Bertz CT molecular complexity index is 1640. The van der Waals surface area contributed by atoms with Gasteiger partial charge in [0.25, 0.3) is 5.91 Å². The molecule has 1 saturated heterocycles. The Hall–Kier alpha value is -4.88. The van der Waals surface area contributed by atoms with E-state index < -0.39 is 35.4 Å². The Kier molecular flexibility index (Phi) is 8.34. The van der Waals surface area contributed by atoms with Crippen LogP contribution < -0.4 is 19.9 Å². The second-order valence-corrected chi connectivity index (χ2v) is 11.9. The summed E-state index contributed by atoms with van der Waals surface area (Å²) in [5.74, 6) is -0.351. The molecule has 0 radical (unpaired) electrons. The van der Waals surface area contributed by atoms with Crippen LogP contribution in [0.15, 0.2) is 48.7 Å². The number of likely N-dealkylation sites (tertiary alicyclic amines) is 1. The summed E-state index contributed by atoms with van der Waals surface area (Å²) in [5.41, 5.74) is 0.479. The van der Waals surface area contributed by atoms with E-state index >= 15 is 0 Å². The minimum atomic E-state index is -4.58. The van der Waals surface area contributed by atoms with Crippen molar-refractivity contribution in [2.45, 2.75) is 58.5 Å². The summed E-state index contributed by atoms with van der Waals surface area (Å²) in [6.07, 6.45) is -3.20. The molecule has 0 spiro atoms. The van der Waals surface area contributed by atoms with Gasteiger partial charge in [-0.2, -0.15) is 18.2 Å². The lowest BCUT2D eigenvalue weighted by Crippen LogP contribution is -2.46. The maximum Gasteiger partial charge on any atom is 0.416 e. The zero-order valence-electron chi connectivity index (χ0n) is 25.4. The summed E-state index contributed by atoms with van der Waals surface area (Å²) >= 11 is 0. The normalized spacial score (nSPS) is 16.8. The van der Waals surface area contributed by atoms with Crippen LogP contribution in [0.25, 0.3) is 0 Å². The predicted molar refractivity (Wildman–Crippen MR) is 159 cm³/mol. The molecule has 2 aromatic carbocycles. The van der Waals surface area contributed by atoms with Crippen molar-refractivity contribution in [3.8, 4) is 6.01 Å². The average Bonchev–Trinajstić information content (AvgIpc) is 3.44. The van der Waals surface area contributed by atoms with Crippen molar-refractivity contribution in [2.24, 2.45) is 0 Å². The molecule has 5 rings (SSSR count). The van der Waals surface area contributed by atoms with Crippen LogP contribution in [0.2, 0.25) is 0 Å². The zero-order valence-corrected chi connectivity index (χ0v) is 25.4. The van der Waals surface area contributed by atoms with Crippen LogP contribution in [0.3, 0.4) is 0 Å². The van der Waals surface area contributed by atoms with E-state index in [1.807, 2.05) is 0 Å². The van der Waals surface area contributed by atoms with Crippen LogP contribution in [0.1, 0.15) is 54.2 Å². The third kappa shape index (κ3) is 7.10. The highest BCUT2D eigenvalue weighted by Crippen LogP contribution is 2.34. The molecule has 1 fully saturated rings. The first-order valence-electron chi connectivity index (χ1n) is 14.2. The summed E-state index contributed by atoms with van der Waals surface area (Å²) in [5, 5.41) is 2.62. The quantitative estimate of drug-likeness (QED) is 0.368. The molecule has 0 bridgehead atoms. The molecule has 45 heavy (non-hydrogen) atoms. The molecule has 1 aromatic heterocycles. The highest BCUT2D eigenvalue weighted by atomic mass is 19.4. The number of halogens is 3. The lowest BCUT2D eigenvalue weighted by molar-refractivity contribution is -0.137. The van der Waals surface area contributed by atoms with Crippen LogP contribution in [0, 0.1) is 6.92 Å². The number of benzene rings is 2. The maximum atomic E-state index is 13.5. The molecule has 0 aliphatic carbocycles. The first-order chi connectivity index (χ1) is 21.1. The molecule has 1 atom stereocenters. The van der Waals surface area contributed by atoms with E-state index in [1.165, 1.54) is 21.9 Å². The van der Waals surface area contributed by atoms with Gasteiger partial charge in [-0.15, -0.1) is 0 Å². The SMILES string of the molecule is Cc1ccc(NC(=O)c2cccc(C(F)(F)F)c2)cc1N1Cc2cnc(O[C@H]3CCN(C(=O)OC(C)(C)C)C3)nc2N(C)C1=O. The summed E-state index contributed by atoms with van der Waals surface area (Å²) in [4.78, 5) is 51.9. The molecular weight excluding hydrogens is 593 g/mol. The number of nitrogens with one attached hydrogen (secondary N) is 1. The Labute approximate surface area is 257 Å². The molecular formula is C31H33F3N6O5. The fourth-order valence-corrected chi connectivity index (χ4v) is 5.02. The smallest absolute Gasteiger partial charge is 0.416 e. The standard InChI is InChI=1S/C31H33F3N6O5/c1-18-9-10-22(36-26(41)19-7-6-8-21(13-19)31(32,33)34)14-24(18)40-16-20-15-35-27(37-25(20)38(5)28(40)42)44-23-11-12-39(17-23)29(43)45-30(2,3)4/h6-10,13-15,23H,11-12,16-17H2,1-5H3,(H,36,41)/t23-/m0/s1. The summed E-state index contributed by atoms with van der Waals surface area (Å²) < 4.78 is 50.8. The Morgan fingerprint density at radius 3 is 2.56 bits per heavy atom. The van der Waals surface area contributed by atoms with Crippen molar-refractivity contribution in [3.63, 3.8) is 0 Å². The van der Waals surface area contributed by atoms with Gasteiger partial charge in [-0.05, 0) is 63.6 Å². The number of alkyl halides is 3. The van der Waals surface area contributed by atoms with Gasteiger partial charge >= 0.3 is 24.3 Å². The topological polar surface area (TPSA) is 117 Å². The number of carbonyl (C=O) groups is 3. The van der Waals surface area contributed by atoms with Crippen LogP contribution in [-0.4, -0.2) is 64.7 Å². The number of aromatic nitrogens is 2. The first-order valence-corrected chi connectivity index (χ1v) is 14.2. The first kappa shape index (κ1) is 31.5. The van der Waals surface area contributed by atoms with E-state index in [4.69, 9.17) is 9.47 Å². The maximum absolute atomic E-state index is 13.5. The summed E-state index contributed by atoms with van der Waals surface area (Å²) in [7, 11) is 1.57. The minimum Gasteiger partial charge on any atom is -0.458 e. The molecule has 0 saturated carbocycles. The van der Waals surface area contributed by atoms with Gasteiger partial charge in [0, 0.05) is 43.0 Å². The summed E-state index contributed by atoms with van der Waals surface area (Å²) in [6.45, 7) is 8.11. The van der Waals surface area contributed by atoms with Gasteiger partial charge in [0.2, 0.25) is 0 Å². The van der Waals surface area contributed by atoms with Gasteiger partial charge < -0.3 is 19.7 Å². The van der Waals surface area contributed by atoms with E-state index in [2.05, 4.69) is 15.3 Å². The van der Waals surface area contributed by atoms with Gasteiger partial charge in [-0.1, -0.05) is 12.1 Å². The second-order valence-electron chi connectivity index (χ2n) is 11.9. The van der Waals surface area contributed by atoms with Crippen LogP contribution in [-0.2, 0) is 17.5 Å². The number of amides is 4. The van der Waals surface area contributed by atoms with E-state index in [9.17, 15) is 27.6 Å². The van der Waals surface area contributed by atoms with E-state index in [-0.39, 0.29) is 24.2 Å².